The van der Waals surface area contributed by atoms with E-state index in [2.05, 4.69) is 0 Å². The molecule has 0 spiro atoms. The van der Waals surface area contributed by atoms with Gasteiger partial charge < -0.3 is 10.5 Å². The largest absolute Gasteiger partial charge is 0.495 e. The second-order valence-electron chi connectivity index (χ2n) is 3.82. The van der Waals surface area contributed by atoms with E-state index in [4.69, 9.17) is 33.7 Å². The van der Waals surface area contributed by atoms with E-state index in [1.807, 2.05) is 30.3 Å². The molecule has 0 bridgehead atoms. The van der Waals surface area contributed by atoms with Crippen LogP contribution < -0.4 is 10.5 Å². The van der Waals surface area contributed by atoms with Gasteiger partial charge >= 0.3 is 0 Å². The monoisotopic (exact) mass is 301 g/mol. The molecule has 1 unspecified atom stereocenters. The predicted molar refractivity (Wildman–Crippen MR) is 78.2 cm³/mol. The van der Waals surface area contributed by atoms with Crippen LogP contribution in [0, 0.1) is 0 Å². The molecule has 2 N–H and O–H groups in total. The summed E-state index contributed by atoms with van der Waals surface area (Å²) in [5.41, 5.74) is 6.93. The third-order valence-electron chi connectivity index (χ3n) is 2.75. The average molecular weight is 302 g/mol. The number of methoxy groups -OCH3 is 1. The Bertz CT molecular complexity index is 542. The van der Waals surface area contributed by atoms with E-state index in [1.54, 1.807) is 18.4 Å². The Morgan fingerprint density at radius 3 is 2.56 bits per heavy atom. The Morgan fingerprint density at radius 1 is 1.28 bits per heavy atom. The topological polar surface area (TPSA) is 35.2 Å². The summed E-state index contributed by atoms with van der Waals surface area (Å²) in [6, 6.07) is 9.62. The molecule has 0 saturated heterocycles. The van der Waals surface area contributed by atoms with Gasteiger partial charge in [-0.1, -0.05) is 29.3 Å². The van der Waals surface area contributed by atoms with Crippen molar-refractivity contribution in [2.24, 2.45) is 5.73 Å². The maximum atomic E-state index is 6.13. The van der Waals surface area contributed by atoms with Gasteiger partial charge in [0, 0.05) is 17.3 Å². The van der Waals surface area contributed by atoms with Crippen molar-refractivity contribution in [1.29, 1.82) is 0 Å². The molecule has 0 radical (unpaired) electrons. The molecule has 2 aromatic rings. The van der Waals surface area contributed by atoms with Crippen LogP contribution in [0.3, 0.4) is 0 Å². The summed E-state index contributed by atoms with van der Waals surface area (Å²) in [5, 5.41) is 0.594. The van der Waals surface area contributed by atoms with Crippen molar-refractivity contribution < 1.29 is 4.74 Å². The predicted octanol–water partition coefficient (Wildman–Crippen LogP) is 4.15. The van der Waals surface area contributed by atoms with E-state index in [1.165, 1.54) is 0 Å². The highest BCUT2D eigenvalue weighted by atomic mass is 35.5. The molecule has 1 aromatic carbocycles. The highest BCUT2D eigenvalue weighted by molar-refractivity contribution is 7.16. The molecule has 0 aliphatic rings. The minimum Gasteiger partial charge on any atom is -0.495 e. The number of thiophene rings is 1. The molecule has 0 aliphatic heterocycles. The fourth-order valence-electron chi connectivity index (χ4n) is 1.83. The van der Waals surface area contributed by atoms with Crippen LogP contribution in [0.15, 0.2) is 30.3 Å². The molecule has 1 heterocycles. The van der Waals surface area contributed by atoms with Gasteiger partial charge in [0.25, 0.3) is 0 Å². The minimum atomic E-state index is 0.117. The molecular formula is C13H13Cl2NOS. The lowest BCUT2D eigenvalue weighted by atomic mass is 9.97. The molecule has 0 fully saturated rings. The van der Waals surface area contributed by atoms with E-state index in [0.29, 0.717) is 17.3 Å². The summed E-state index contributed by atoms with van der Waals surface area (Å²) in [6.07, 6.45) is 0. The van der Waals surface area contributed by atoms with Crippen molar-refractivity contribution in [2.45, 2.75) is 5.92 Å². The summed E-state index contributed by atoms with van der Waals surface area (Å²) in [7, 11) is 1.60. The van der Waals surface area contributed by atoms with Gasteiger partial charge in [-0.3, -0.25) is 0 Å². The van der Waals surface area contributed by atoms with Crippen molar-refractivity contribution in [3.8, 4) is 5.75 Å². The number of benzene rings is 1. The van der Waals surface area contributed by atoms with E-state index in [-0.39, 0.29) is 5.92 Å². The van der Waals surface area contributed by atoms with Crippen molar-refractivity contribution in [3.63, 3.8) is 0 Å². The first-order chi connectivity index (χ1) is 8.65. The number of hydrogen-bond donors (Lipinski definition) is 1. The third-order valence-corrected chi connectivity index (χ3v) is 4.39. The smallest absolute Gasteiger partial charge is 0.137 e. The van der Waals surface area contributed by atoms with Crippen LogP contribution >= 0.6 is 34.5 Å². The fourth-order valence-corrected chi connectivity index (χ4v) is 3.30. The number of rotatable bonds is 4. The van der Waals surface area contributed by atoms with Gasteiger partial charge in [0.15, 0.2) is 0 Å². The SMILES string of the molecule is COc1ccc(C(CN)c2ccc(Cl)s2)cc1Cl. The van der Waals surface area contributed by atoms with E-state index in [0.717, 1.165) is 14.8 Å². The minimum absolute atomic E-state index is 0.117. The number of hydrogen-bond acceptors (Lipinski definition) is 3. The number of nitrogens with two attached hydrogens (primary N) is 1. The Morgan fingerprint density at radius 2 is 2.06 bits per heavy atom. The summed E-state index contributed by atoms with van der Waals surface area (Å²) in [5.74, 6) is 0.784. The number of halogens is 2. The lowest BCUT2D eigenvalue weighted by Crippen LogP contribution is -2.12. The van der Waals surface area contributed by atoms with E-state index < -0.39 is 0 Å². The molecule has 0 aliphatic carbocycles. The standard InChI is InChI=1S/C13H13Cl2NOS/c1-17-11-3-2-8(6-10(11)14)9(7-16)12-4-5-13(15)18-12/h2-6,9H,7,16H2,1H3. The number of ether oxygens (including phenoxy) is 1. The normalized spacial score (nSPS) is 12.4. The zero-order chi connectivity index (χ0) is 13.1. The van der Waals surface area contributed by atoms with Crippen molar-refractivity contribution in [2.75, 3.05) is 13.7 Å². The van der Waals surface area contributed by atoms with Crippen molar-refractivity contribution in [1.82, 2.24) is 0 Å². The molecule has 2 rings (SSSR count). The van der Waals surface area contributed by atoms with Crippen LogP contribution in [0.1, 0.15) is 16.4 Å². The lowest BCUT2D eigenvalue weighted by Gasteiger charge is -2.14. The van der Waals surface area contributed by atoms with Gasteiger partial charge in [0.1, 0.15) is 5.75 Å². The average Bonchev–Trinajstić information content (AvgIpc) is 2.77. The van der Waals surface area contributed by atoms with Crippen LogP contribution in [-0.4, -0.2) is 13.7 Å². The Labute approximate surface area is 120 Å². The van der Waals surface area contributed by atoms with Crippen LogP contribution in [0.5, 0.6) is 5.75 Å². The molecule has 18 heavy (non-hydrogen) atoms. The van der Waals surface area contributed by atoms with Gasteiger partial charge in [-0.15, -0.1) is 11.3 Å². The first-order valence-corrected chi connectivity index (χ1v) is 7.01. The van der Waals surface area contributed by atoms with Crippen molar-refractivity contribution >= 4 is 34.5 Å². The second-order valence-corrected chi connectivity index (χ2v) is 5.98. The highest BCUT2D eigenvalue weighted by Gasteiger charge is 2.16. The summed E-state index contributed by atoms with van der Waals surface area (Å²) >= 11 is 13.6. The van der Waals surface area contributed by atoms with Gasteiger partial charge in [-0.05, 0) is 29.8 Å². The summed E-state index contributed by atoms with van der Waals surface area (Å²) in [6.45, 7) is 0.513. The second kappa shape index (κ2) is 5.93. The Balaban J connectivity index is 2.36. The van der Waals surface area contributed by atoms with Crippen LogP contribution in [0.2, 0.25) is 9.36 Å². The summed E-state index contributed by atoms with van der Waals surface area (Å²) < 4.78 is 5.91. The van der Waals surface area contributed by atoms with E-state index >= 15 is 0 Å². The summed E-state index contributed by atoms with van der Waals surface area (Å²) in [4.78, 5) is 1.14. The molecule has 96 valence electrons. The molecule has 1 atom stereocenters. The molecular weight excluding hydrogens is 289 g/mol. The first-order valence-electron chi connectivity index (χ1n) is 5.44. The van der Waals surface area contributed by atoms with Gasteiger partial charge in [-0.25, -0.2) is 0 Å². The van der Waals surface area contributed by atoms with E-state index in [9.17, 15) is 0 Å². The zero-order valence-corrected chi connectivity index (χ0v) is 12.1. The van der Waals surface area contributed by atoms with Crippen LogP contribution in [0.4, 0.5) is 0 Å². The lowest BCUT2D eigenvalue weighted by molar-refractivity contribution is 0.415. The molecule has 2 nitrogen and oxygen atoms in total. The van der Waals surface area contributed by atoms with Gasteiger partial charge in [0.05, 0.1) is 16.5 Å². The maximum Gasteiger partial charge on any atom is 0.137 e. The Kier molecular flexibility index (Phi) is 4.51. The molecule has 1 aromatic heterocycles. The van der Waals surface area contributed by atoms with Gasteiger partial charge in [-0.2, -0.15) is 0 Å². The fraction of sp³-hybridized carbons (Fsp3) is 0.231. The molecule has 0 amide bonds. The Hall–Kier alpha value is -0.740. The third kappa shape index (κ3) is 2.81. The highest BCUT2D eigenvalue weighted by Crippen LogP contribution is 2.35. The van der Waals surface area contributed by atoms with Gasteiger partial charge in [0.2, 0.25) is 0 Å². The zero-order valence-electron chi connectivity index (χ0n) is 9.82. The molecule has 0 saturated carbocycles. The first kappa shape index (κ1) is 13.7. The van der Waals surface area contributed by atoms with Crippen molar-refractivity contribution in [3.05, 3.63) is 50.1 Å². The molecule has 5 heteroatoms. The quantitative estimate of drug-likeness (QED) is 0.920. The maximum absolute atomic E-state index is 6.13. The van der Waals surface area contributed by atoms with Crippen LogP contribution in [-0.2, 0) is 0 Å². The van der Waals surface area contributed by atoms with Crippen LogP contribution in [0.25, 0.3) is 0 Å².